The fraction of sp³-hybridized carbons (Fsp3) is 0.643. The number of carboxylic acid groups (broad SMARTS) is 1. The van der Waals surface area contributed by atoms with E-state index in [1.807, 2.05) is 6.26 Å². The van der Waals surface area contributed by atoms with Gasteiger partial charge in [-0.05, 0) is 10.9 Å². The Hall–Kier alpha value is -2.06. The third-order valence-electron chi connectivity index (χ3n) is 4.41. The Balaban J connectivity index is 1.68. The molecule has 0 aliphatic carbocycles. The van der Waals surface area contributed by atoms with E-state index in [0.717, 1.165) is 0 Å². The molecule has 1 fully saturated rings. The lowest BCUT2D eigenvalue weighted by Gasteiger charge is -2.14. The third-order valence-corrected chi connectivity index (χ3v) is 6.24. The van der Waals surface area contributed by atoms with Crippen LogP contribution in [0.3, 0.4) is 0 Å². The summed E-state index contributed by atoms with van der Waals surface area (Å²) in [6.45, 7) is 0. The molecule has 0 aromatic carbocycles. The Morgan fingerprint density at radius 2 is 2.15 bits per heavy atom. The van der Waals surface area contributed by atoms with Crippen LogP contribution < -0.4 is 11.5 Å². The molecule has 12 nitrogen and oxygen atoms in total. The number of hydrogen-bond acceptors (Lipinski definition) is 10. The molecule has 3 heterocycles. The molecule has 6 atom stereocenters. The fourth-order valence-electron chi connectivity index (χ4n) is 2.84. The fourth-order valence-corrected chi connectivity index (χ4v) is 4.50. The van der Waals surface area contributed by atoms with E-state index in [2.05, 4.69) is 20.3 Å². The van der Waals surface area contributed by atoms with E-state index >= 15 is 0 Å². The summed E-state index contributed by atoms with van der Waals surface area (Å²) in [6.07, 6.45) is -0.454. The smallest absolute Gasteiger partial charge is 0.320 e. The highest BCUT2D eigenvalue weighted by Gasteiger charge is 2.47. The van der Waals surface area contributed by atoms with Gasteiger partial charge in [0.1, 0.15) is 42.2 Å². The summed E-state index contributed by atoms with van der Waals surface area (Å²) in [5.41, 5.74) is 11.8. The van der Waals surface area contributed by atoms with Crippen molar-refractivity contribution in [1.29, 1.82) is 0 Å². The molecule has 1 aliphatic heterocycles. The number of nitrogens with zero attached hydrogens (tertiary/aromatic N) is 5. The molecule has 2 aromatic rings. The van der Waals surface area contributed by atoms with E-state index in [4.69, 9.17) is 21.3 Å². The van der Waals surface area contributed by atoms with Gasteiger partial charge < -0.3 is 31.5 Å². The van der Waals surface area contributed by atoms with E-state index in [9.17, 15) is 15.0 Å². The number of hydrogen-bond donors (Lipinski definition) is 5. The van der Waals surface area contributed by atoms with Crippen molar-refractivity contribution in [1.82, 2.24) is 25.0 Å². The van der Waals surface area contributed by atoms with Gasteiger partial charge in [0.2, 0.25) is 0 Å². The topological polar surface area (TPSA) is 196 Å². The molecule has 0 bridgehead atoms. The number of rotatable bonds is 7. The maximum Gasteiger partial charge on any atom is 0.320 e. The van der Waals surface area contributed by atoms with Crippen LogP contribution in [0.4, 0.5) is 5.82 Å². The first-order chi connectivity index (χ1) is 12.8. The Morgan fingerprint density at radius 3 is 2.85 bits per heavy atom. The highest BCUT2D eigenvalue weighted by molar-refractivity contribution is 7.96. The standard InChI is InChI=1S/C14H21N7O5S/c1-27(3-2-6(15)14(24)25)4-7-9(22)10(23)13(26-7)21-12-8(19-20-21)11(16)17-5-18-12/h5-7,9-10,13,22-23H,2-4,15H2,1H3,(H2-,16,17,18,20,24,25)/p+1/t6-,7+,9+,10+,13+,27?/m0/s1. The van der Waals surface area contributed by atoms with Gasteiger partial charge in [-0.2, -0.15) is 4.68 Å². The van der Waals surface area contributed by atoms with Gasteiger partial charge in [-0.3, -0.25) is 4.79 Å². The first-order valence-corrected chi connectivity index (χ1v) is 10.2. The zero-order chi connectivity index (χ0) is 19.7. The van der Waals surface area contributed by atoms with Crippen LogP contribution >= 0.6 is 0 Å². The van der Waals surface area contributed by atoms with Gasteiger partial charge in [-0.15, -0.1) is 5.10 Å². The molecule has 0 radical (unpaired) electrons. The van der Waals surface area contributed by atoms with E-state index in [0.29, 0.717) is 23.6 Å². The first-order valence-electron chi connectivity index (χ1n) is 8.20. The molecular formula is C14H22N7O5S+. The van der Waals surface area contributed by atoms with Gasteiger partial charge in [0, 0.05) is 6.42 Å². The van der Waals surface area contributed by atoms with Crippen molar-refractivity contribution in [2.24, 2.45) is 5.73 Å². The van der Waals surface area contributed by atoms with Gasteiger partial charge in [-0.25, -0.2) is 9.97 Å². The van der Waals surface area contributed by atoms with Crippen molar-refractivity contribution in [2.45, 2.75) is 37.0 Å². The molecule has 1 aliphatic rings. The number of fused-ring (bicyclic) bond motifs is 1. The van der Waals surface area contributed by atoms with Crippen LogP contribution in [0.5, 0.6) is 0 Å². The second kappa shape index (κ2) is 7.90. The van der Waals surface area contributed by atoms with Gasteiger partial charge in [-0.1, -0.05) is 5.21 Å². The van der Waals surface area contributed by atoms with Crippen molar-refractivity contribution in [3.63, 3.8) is 0 Å². The normalized spacial score (nSPS) is 27.7. The highest BCUT2D eigenvalue weighted by atomic mass is 32.2. The summed E-state index contributed by atoms with van der Waals surface area (Å²) in [7, 11) is -0.255. The van der Waals surface area contributed by atoms with Crippen molar-refractivity contribution >= 4 is 33.8 Å². The average molecular weight is 400 g/mol. The molecule has 2 aromatic heterocycles. The van der Waals surface area contributed by atoms with Crippen LogP contribution in [-0.4, -0.2) is 88.4 Å². The largest absolute Gasteiger partial charge is 0.480 e. The van der Waals surface area contributed by atoms with Crippen LogP contribution in [-0.2, 0) is 20.4 Å². The van der Waals surface area contributed by atoms with E-state index in [1.54, 1.807) is 0 Å². The maximum atomic E-state index is 10.8. The van der Waals surface area contributed by atoms with Crippen molar-refractivity contribution < 1.29 is 24.9 Å². The minimum Gasteiger partial charge on any atom is -0.480 e. The molecule has 3 rings (SSSR count). The Bertz CT molecular complexity index is 820. The van der Waals surface area contributed by atoms with E-state index in [-0.39, 0.29) is 22.2 Å². The Kier molecular flexibility index (Phi) is 5.76. The lowest BCUT2D eigenvalue weighted by atomic mass is 10.1. The number of anilines is 1. The summed E-state index contributed by atoms with van der Waals surface area (Å²) in [4.78, 5) is 18.7. The van der Waals surface area contributed by atoms with Gasteiger partial charge in [0.05, 0.1) is 6.26 Å². The average Bonchev–Trinajstić information content (AvgIpc) is 3.17. The minimum atomic E-state index is -1.23. The van der Waals surface area contributed by atoms with Gasteiger partial charge in [0.25, 0.3) is 0 Å². The number of aromatic nitrogens is 5. The zero-order valence-corrected chi connectivity index (χ0v) is 15.4. The molecule has 1 unspecified atom stereocenters. The van der Waals surface area contributed by atoms with Crippen LogP contribution in [0.1, 0.15) is 12.6 Å². The van der Waals surface area contributed by atoms with Gasteiger partial charge in [0.15, 0.2) is 23.2 Å². The molecular weight excluding hydrogens is 378 g/mol. The second-order valence-electron chi connectivity index (χ2n) is 6.40. The number of aliphatic hydroxyl groups is 2. The lowest BCUT2D eigenvalue weighted by Crippen LogP contribution is -2.37. The molecule has 148 valence electrons. The first kappa shape index (κ1) is 19.7. The summed E-state index contributed by atoms with van der Waals surface area (Å²) in [5, 5.41) is 37.4. The Morgan fingerprint density at radius 1 is 1.41 bits per heavy atom. The number of carbonyl (C=O) groups is 1. The van der Waals surface area contributed by atoms with Crippen LogP contribution in [0, 0.1) is 0 Å². The molecule has 27 heavy (non-hydrogen) atoms. The summed E-state index contributed by atoms with van der Waals surface area (Å²) in [5.74, 6) is 0.140. The predicted octanol–water partition coefficient (Wildman–Crippen LogP) is -2.53. The summed E-state index contributed by atoms with van der Waals surface area (Å²) >= 11 is 0. The zero-order valence-electron chi connectivity index (χ0n) is 14.5. The number of aliphatic hydroxyl groups excluding tert-OH is 2. The van der Waals surface area contributed by atoms with Gasteiger partial charge >= 0.3 is 5.97 Å². The van der Waals surface area contributed by atoms with Crippen molar-refractivity contribution in [3.8, 4) is 0 Å². The van der Waals surface area contributed by atoms with Crippen molar-refractivity contribution in [3.05, 3.63) is 6.33 Å². The van der Waals surface area contributed by atoms with Crippen LogP contribution in [0.25, 0.3) is 11.2 Å². The monoisotopic (exact) mass is 400 g/mol. The molecule has 13 heteroatoms. The van der Waals surface area contributed by atoms with E-state index < -0.39 is 36.6 Å². The third kappa shape index (κ3) is 3.96. The number of aliphatic carboxylic acids is 1. The summed E-state index contributed by atoms with van der Waals surface area (Å²) in [6, 6.07) is -0.917. The lowest BCUT2D eigenvalue weighted by molar-refractivity contribution is -0.138. The predicted molar refractivity (Wildman–Crippen MR) is 96.7 cm³/mol. The number of nitrogen functional groups attached to an aromatic ring is 1. The maximum absolute atomic E-state index is 10.8. The number of carboxylic acids is 1. The minimum absolute atomic E-state index is 0.153. The molecule has 0 amide bonds. The quantitative estimate of drug-likeness (QED) is 0.307. The number of ether oxygens (including phenoxy) is 1. The van der Waals surface area contributed by atoms with Crippen LogP contribution in [0.2, 0.25) is 0 Å². The highest BCUT2D eigenvalue weighted by Crippen LogP contribution is 2.31. The SMILES string of the molecule is C[S+](CC[C@H](N)C(=O)O)C[C@H]1O[C@@H](n2nnc3c(N)ncnc32)[C@H](O)[C@@H]1O. The summed E-state index contributed by atoms with van der Waals surface area (Å²) < 4.78 is 7.10. The molecule has 0 saturated carbocycles. The molecule has 1 saturated heterocycles. The molecule has 0 spiro atoms. The van der Waals surface area contributed by atoms with Crippen molar-refractivity contribution in [2.75, 3.05) is 23.5 Å². The Labute approximate surface area is 156 Å². The molecule has 7 N–H and O–H groups in total. The van der Waals surface area contributed by atoms with E-state index in [1.165, 1.54) is 11.0 Å². The number of nitrogens with two attached hydrogens (primary N) is 2. The second-order valence-corrected chi connectivity index (χ2v) is 8.70. The van der Waals surface area contributed by atoms with Crippen LogP contribution in [0.15, 0.2) is 6.33 Å².